The largest absolute Gasteiger partial charge is 0.492 e. The number of esters is 2. The lowest BCUT2D eigenvalue weighted by Gasteiger charge is -2.44. The number of anilines is 7. The number of carbonyl (C=O) groups is 7. The van der Waals surface area contributed by atoms with E-state index in [2.05, 4.69) is 39.4 Å². The number of nitrogens with one attached hydrogen (secondary N) is 3. The van der Waals surface area contributed by atoms with Gasteiger partial charge in [0.25, 0.3) is 11.8 Å². The van der Waals surface area contributed by atoms with Gasteiger partial charge in [-0.25, -0.2) is 9.59 Å². The van der Waals surface area contributed by atoms with E-state index >= 15 is 22.8 Å². The smallest absolute Gasteiger partial charge is 0.491 e. The number of piperidine rings is 1. The zero-order valence-electron chi connectivity index (χ0n) is 61.4. The maximum atomic E-state index is 16.8. The average Bonchev–Trinajstić information content (AvgIpc) is 1.48. The maximum Gasteiger partial charge on any atom is 0.491 e. The summed E-state index contributed by atoms with van der Waals surface area (Å²) in [7, 11) is 0. The molecular weight excluding hydrogens is 1560 g/mol. The predicted molar refractivity (Wildman–Crippen MR) is 408 cm³/mol. The van der Waals surface area contributed by atoms with Gasteiger partial charge in [0.2, 0.25) is 17.7 Å². The second-order valence-corrected chi connectivity index (χ2v) is 29.1. The Hall–Kier alpha value is -8.50. The van der Waals surface area contributed by atoms with Crippen molar-refractivity contribution in [2.24, 2.45) is 0 Å². The minimum absolute atomic E-state index is 0. The van der Waals surface area contributed by atoms with Crippen molar-refractivity contribution in [1.29, 1.82) is 5.26 Å². The van der Waals surface area contributed by atoms with Gasteiger partial charge in [-0.05, 0) is 195 Å². The summed E-state index contributed by atoms with van der Waals surface area (Å²) in [5.74, 6) is -8.89. The molecule has 0 saturated carbocycles. The Balaban J connectivity index is 0.00000561. The molecule has 5 aliphatic rings. The molecular formula is C73H83Cl3F9N13O10S2. The molecule has 10 rings (SSSR count). The highest BCUT2D eigenvalue weighted by molar-refractivity contribution is 7.81. The summed E-state index contributed by atoms with van der Waals surface area (Å²) in [4.78, 5) is 108. The molecule has 5 aromatic carbocycles. The molecule has 5 atom stereocenters. The fraction of sp³-hybridized carbons (Fsp3) is 0.452. The number of rotatable bonds is 21. The van der Waals surface area contributed by atoms with E-state index in [1.54, 1.807) is 69.0 Å². The highest BCUT2D eigenvalue weighted by atomic mass is 35.5. The van der Waals surface area contributed by atoms with Crippen LogP contribution in [-0.2, 0) is 58.7 Å². The molecule has 596 valence electrons. The highest BCUT2D eigenvalue weighted by Crippen LogP contribution is 2.51. The van der Waals surface area contributed by atoms with Gasteiger partial charge >= 0.3 is 30.5 Å². The predicted octanol–water partition coefficient (Wildman–Crippen LogP) is 12.9. The molecule has 5 saturated heterocycles. The summed E-state index contributed by atoms with van der Waals surface area (Å²) >= 11 is 18.7. The van der Waals surface area contributed by atoms with Crippen LogP contribution in [0, 0.1) is 11.3 Å². The zero-order valence-corrected chi connectivity index (χ0v) is 65.4. The molecule has 6 N–H and O–H groups in total. The molecule has 110 heavy (non-hydrogen) atoms. The summed E-state index contributed by atoms with van der Waals surface area (Å²) < 4.78 is 151. The van der Waals surface area contributed by atoms with Crippen LogP contribution in [0.1, 0.15) is 120 Å². The van der Waals surface area contributed by atoms with Crippen molar-refractivity contribution in [2.75, 3.05) is 88.8 Å². The third-order valence-electron chi connectivity index (χ3n) is 19.4. The highest BCUT2D eigenvalue weighted by Gasteiger charge is 2.55. The molecule has 0 radical (unpaired) electrons. The molecule has 5 amide bonds. The minimum atomic E-state index is -5.90. The van der Waals surface area contributed by atoms with Gasteiger partial charge in [0.1, 0.15) is 41.8 Å². The summed E-state index contributed by atoms with van der Waals surface area (Å²) in [5, 5.41) is 17.1. The van der Waals surface area contributed by atoms with Crippen LogP contribution in [0.15, 0.2) is 84.9 Å². The Bertz CT molecular complexity index is 4430. The van der Waals surface area contributed by atoms with Gasteiger partial charge in [-0.2, -0.15) is 44.8 Å². The normalized spacial score (nSPS) is 20.5. The number of amides is 5. The fourth-order valence-electron chi connectivity index (χ4n) is 14.4. The van der Waals surface area contributed by atoms with Crippen molar-refractivity contribution < 1.29 is 87.3 Å². The number of alkyl halides is 9. The average molecular weight is 1640 g/mol. The topological polar surface area (TPSA) is 268 Å². The summed E-state index contributed by atoms with van der Waals surface area (Å²) in [5.41, 5.74) is -9.90. The number of hydrogen-bond donors (Lipinski definition) is 4. The van der Waals surface area contributed by atoms with Crippen molar-refractivity contribution in [3.8, 4) is 17.6 Å². The first-order valence-electron chi connectivity index (χ1n) is 34.4. The molecule has 1 unspecified atom stereocenters. The van der Waals surface area contributed by atoms with E-state index in [1.165, 1.54) is 41.8 Å². The van der Waals surface area contributed by atoms with Crippen molar-refractivity contribution in [3.63, 3.8) is 0 Å². The number of hydrogen-bond acceptors (Lipinski definition) is 19. The maximum absolute atomic E-state index is 16.8. The van der Waals surface area contributed by atoms with E-state index in [0.29, 0.717) is 76.2 Å². The van der Waals surface area contributed by atoms with E-state index in [9.17, 15) is 55.6 Å². The summed E-state index contributed by atoms with van der Waals surface area (Å²) in [6.07, 6.45) is -16.1. The van der Waals surface area contributed by atoms with E-state index in [4.69, 9.17) is 45.5 Å². The fourth-order valence-corrected chi connectivity index (χ4v) is 15.6. The zero-order chi connectivity index (χ0) is 78.5. The van der Waals surface area contributed by atoms with Gasteiger partial charge in [-0.3, -0.25) is 58.7 Å². The number of benzene rings is 5. The molecule has 5 fully saturated rings. The van der Waals surface area contributed by atoms with E-state index in [-0.39, 0.29) is 109 Å². The number of imide groups is 1. The van der Waals surface area contributed by atoms with Gasteiger partial charge in [-0.1, -0.05) is 25.4 Å². The first-order chi connectivity index (χ1) is 50.1. The van der Waals surface area contributed by atoms with Crippen LogP contribution in [0.2, 0.25) is 5.02 Å². The van der Waals surface area contributed by atoms with Crippen LogP contribution < -0.4 is 56.1 Å². The number of piperazine rings is 2. The Morgan fingerprint density at radius 3 is 1.71 bits per heavy atom. The van der Waals surface area contributed by atoms with Gasteiger partial charge in [0, 0.05) is 91.9 Å². The number of nitriles is 1. The van der Waals surface area contributed by atoms with Crippen LogP contribution in [0.4, 0.5) is 79.3 Å². The van der Waals surface area contributed by atoms with E-state index in [0.717, 1.165) is 42.3 Å². The molecule has 0 bridgehead atoms. The Labute approximate surface area is 657 Å². The van der Waals surface area contributed by atoms with Gasteiger partial charge in [0.05, 0.1) is 57.6 Å². The van der Waals surface area contributed by atoms with Crippen LogP contribution in [0.5, 0.6) is 11.5 Å². The SMILES string of the molecule is CCc1cc(N2C(=S)N(c3ccc(C(=O)OC(=O)C(F)(F)F)c(C(F)(F)F)c3N(C(=O)CN3[C@H](C)CN(CCOc4ccc(N5C(=S)N(c6ccc(C#N)c(C(F)(F)F)c6)C(=O)C5(C)C)cc4CC)C[C@H]3C)c3cc(Cl)cc(NC4CCC(=O)NC4=O)c3)C(=O)C2(C)C)ccc1OCCN1C[C@@H](C)N[C@H](C)C1.Cl.Cl.N. The van der Waals surface area contributed by atoms with Gasteiger partial charge in [-0.15, -0.1) is 24.8 Å². The molecule has 0 aromatic heterocycles. The Morgan fingerprint density at radius 1 is 0.691 bits per heavy atom. The second kappa shape index (κ2) is 34.6. The lowest BCUT2D eigenvalue weighted by molar-refractivity contribution is -0.193. The van der Waals surface area contributed by atoms with Crippen LogP contribution in [0.25, 0.3) is 0 Å². The monoisotopic (exact) mass is 1640 g/mol. The molecule has 37 heteroatoms. The summed E-state index contributed by atoms with van der Waals surface area (Å²) in [6, 6.07) is 17.1. The Morgan fingerprint density at radius 2 is 1.21 bits per heavy atom. The molecule has 5 heterocycles. The van der Waals surface area contributed by atoms with Gasteiger partial charge in [0.15, 0.2) is 10.2 Å². The van der Waals surface area contributed by atoms with E-state index in [1.807, 2.05) is 18.7 Å². The number of aryl methyl sites for hydroxylation is 2. The minimum Gasteiger partial charge on any atom is -0.492 e. The van der Waals surface area contributed by atoms with Crippen molar-refractivity contribution >= 4 is 152 Å². The lowest BCUT2D eigenvalue weighted by Crippen LogP contribution is -2.59. The summed E-state index contributed by atoms with van der Waals surface area (Å²) in [6.45, 7) is 19.8. The molecule has 5 aromatic rings. The standard InChI is InChI=1S/C73H78ClF9N12O10S2.2ClH.H3N/c1-11-43-27-49(94-67(106)92(64(100)69(94,7)8)48-14-13-45(33-84)53(32-48)71(75,76)77)15-20-57(43)104-26-24-89-36-41(5)90(42(6)37-89)38-59(97)91(51-30-46(74)29-47(31-51)86-54-18-22-58(96)87-62(54)98)61-55(19-17-52(60(61)72(78,79)80)63(99)105-66(102)73(81,82)83)93-65(101)70(9,10)95(68(93)107)50-16-21-56(44(12-2)28-50)103-25-23-88-34-39(3)85-40(4)35-88;;;/h13-17,19-21,27-32,39-42,54,85-86H,11-12,18,22-26,34-38H2,1-10H3,(H,87,96,98);2*1H;1H3/t39-,40-,41-,42-,54?;;;/m1.../s1. The van der Waals surface area contributed by atoms with Crippen LogP contribution in [0.3, 0.4) is 0 Å². The van der Waals surface area contributed by atoms with Gasteiger partial charge < -0.3 is 40.8 Å². The first kappa shape index (κ1) is 88.7. The molecule has 0 aliphatic carbocycles. The first-order valence-corrected chi connectivity index (χ1v) is 35.6. The third-order valence-corrected chi connectivity index (χ3v) is 20.3. The van der Waals surface area contributed by atoms with Crippen LogP contribution >= 0.6 is 60.9 Å². The molecule has 0 spiro atoms. The van der Waals surface area contributed by atoms with Crippen molar-refractivity contribution in [3.05, 3.63) is 123 Å². The number of ether oxygens (including phenoxy) is 3. The molecule has 23 nitrogen and oxygen atoms in total. The Kier molecular flexibility index (Phi) is 27.9. The second-order valence-electron chi connectivity index (χ2n) is 27.9. The molecule has 5 aliphatic heterocycles. The van der Waals surface area contributed by atoms with Crippen molar-refractivity contribution in [2.45, 2.75) is 155 Å². The quantitative estimate of drug-likeness (QED) is 0.0175. The number of halogens is 12. The number of thiocarbonyl (C=S) groups is 2. The number of nitrogens with zero attached hydrogens (tertiary/aromatic N) is 9. The third kappa shape index (κ3) is 18.5. The van der Waals surface area contributed by atoms with E-state index < -0.39 is 140 Å². The number of carbonyl (C=O) groups excluding carboxylic acids is 7. The van der Waals surface area contributed by atoms with Crippen LogP contribution in [-0.4, -0.2) is 173 Å². The van der Waals surface area contributed by atoms with Crippen molar-refractivity contribution in [1.82, 2.24) is 31.5 Å². The lowest BCUT2D eigenvalue weighted by atomic mass is 9.98.